The molecule has 8 heteroatoms. The molecular weight excluding hydrogens is 384 g/mol. The van der Waals surface area contributed by atoms with Gasteiger partial charge in [0.05, 0.1) is 23.5 Å². The van der Waals surface area contributed by atoms with Crippen molar-refractivity contribution in [3.05, 3.63) is 52.4 Å². The summed E-state index contributed by atoms with van der Waals surface area (Å²) in [5, 5.41) is 0.925. The highest BCUT2D eigenvalue weighted by Gasteiger charge is 2.21. The van der Waals surface area contributed by atoms with Crippen molar-refractivity contribution in [2.75, 3.05) is 26.2 Å². The Labute approximate surface area is 174 Å². The quantitative estimate of drug-likeness (QED) is 0.576. The minimum absolute atomic E-state index is 0.0420. The Morgan fingerprint density at radius 1 is 1.27 bits per heavy atom. The maximum absolute atomic E-state index is 12.3. The van der Waals surface area contributed by atoms with Crippen molar-refractivity contribution in [2.24, 2.45) is 5.73 Å². The molecule has 0 spiro atoms. The summed E-state index contributed by atoms with van der Waals surface area (Å²) in [6, 6.07) is 11.8. The fourth-order valence-electron chi connectivity index (χ4n) is 3.86. The first-order valence-electron chi connectivity index (χ1n) is 9.97. The number of ether oxygens (including phenoxy) is 2. The summed E-state index contributed by atoms with van der Waals surface area (Å²) >= 11 is 0. The molecule has 1 fully saturated rings. The largest absolute Gasteiger partial charge is 0.492 e. The average Bonchev–Trinajstić information content (AvgIpc) is 3.10. The standard InChI is InChI=1S/C22H25N4O4/c1-13-11-26(12-14(2)30-13)7-8-29-16-3-5-18-15(9-16)10-20(24-18)17-4-6-19(21(23)27)25-22(17)28/h3-5,9-10,13-14,24H,7-8,11-12H2,1-2H3,(H2,23,27)(H,25,28). The SMILES string of the molecule is CC1CN(CCOc2ccc3[nH]c(-c4c[c]c(C(N)=O)[nH]c4=O)cc3c2)CC(C)O1. The van der Waals surface area contributed by atoms with Crippen LogP contribution in [0.15, 0.2) is 35.1 Å². The summed E-state index contributed by atoms with van der Waals surface area (Å²) in [6.07, 6.45) is 0.474. The average molecular weight is 409 g/mol. The second-order valence-electron chi connectivity index (χ2n) is 7.69. The number of fused-ring (bicyclic) bond motifs is 1. The van der Waals surface area contributed by atoms with Gasteiger partial charge in [0.2, 0.25) is 0 Å². The number of hydrogen-bond donors (Lipinski definition) is 3. The molecule has 2 unspecified atom stereocenters. The van der Waals surface area contributed by atoms with Crippen LogP contribution in [0.5, 0.6) is 5.75 Å². The van der Waals surface area contributed by atoms with Crippen LogP contribution in [-0.2, 0) is 4.74 Å². The lowest BCUT2D eigenvalue weighted by molar-refractivity contribution is -0.0699. The third-order valence-corrected chi connectivity index (χ3v) is 5.14. The van der Waals surface area contributed by atoms with Gasteiger partial charge in [-0.25, -0.2) is 0 Å². The molecule has 0 aliphatic carbocycles. The number of nitrogens with zero attached hydrogens (tertiary/aromatic N) is 1. The van der Waals surface area contributed by atoms with E-state index in [-0.39, 0.29) is 17.9 Å². The zero-order chi connectivity index (χ0) is 21.3. The number of morpholine rings is 1. The summed E-state index contributed by atoms with van der Waals surface area (Å²) < 4.78 is 11.7. The van der Waals surface area contributed by atoms with Crippen LogP contribution >= 0.6 is 0 Å². The molecule has 3 heterocycles. The highest BCUT2D eigenvalue weighted by Crippen LogP contribution is 2.25. The van der Waals surface area contributed by atoms with Crippen LogP contribution in [0.2, 0.25) is 0 Å². The second-order valence-corrected chi connectivity index (χ2v) is 7.69. The van der Waals surface area contributed by atoms with Gasteiger partial charge in [0.15, 0.2) is 0 Å². The number of pyridine rings is 1. The normalized spacial score (nSPS) is 19.8. The lowest BCUT2D eigenvalue weighted by atomic mass is 10.1. The monoisotopic (exact) mass is 409 g/mol. The minimum Gasteiger partial charge on any atom is -0.492 e. The number of rotatable bonds is 6. The van der Waals surface area contributed by atoms with Crippen molar-refractivity contribution in [1.29, 1.82) is 0 Å². The number of carbonyl (C=O) groups excluding carboxylic acids is 1. The van der Waals surface area contributed by atoms with Crippen LogP contribution in [0.25, 0.3) is 22.2 Å². The van der Waals surface area contributed by atoms with E-state index in [2.05, 4.69) is 34.8 Å². The molecule has 1 saturated heterocycles. The molecule has 2 aromatic heterocycles. The lowest BCUT2D eigenvalue weighted by Crippen LogP contribution is -2.46. The molecule has 1 aliphatic heterocycles. The molecule has 4 rings (SSSR count). The van der Waals surface area contributed by atoms with Gasteiger partial charge in [0.1, 0.15) is 18.1 Å². The Morgan fingerprint density at radius 2 is 2.03 bits per heavy atom. The fraction of sp³-hybridized carbons (Fsp3) is 0.364. The molecular formula is C22H25N4O4. The zero-order valence-electron chi connectivity index (χ0n) is 17.0. The molecule has 1 aliphatic rings. The van der Waals surface area contributed by atoms with Crippen molar-refractivity contribution < 1.29 is 14.3 Å². The zero-order valence-corrected chi connectivity index (χ0v) is 17.0. The number of benzene rings is 1. The number of hydrogen-bond acceptors (Lipinski definition) is 5. The molecule has 157 valence electrons. The van der Waals surface area contributed by atoms with E-state index in [0.29, 0.717) is 17.9 Å². The van der Waals surface area contributed by atoms with Gasteiger partial charge < -0.3 is 25.2 Å². The number of carbonyl (C=O) groups is 1. The van der Waals surface area contributed by atoms with E-state index in [1.54, 1.807) is 0 Å². The van der Waals surface area contributed by atoms with Gasteiger partial charge in [-0.3, -0.25) is 14.5 Å². The molecule has 0 saturated carbocycles. The summed E-state index contributed by atoms with van der Waals surface area (Å²) in [5.41, 5.74) is 6.63. The number of primary amides is 1. The molecule has 0 bridgehead atoms. The van der Waals surface area contributed by atoms with Crippen molar-refractivity contribution in [1.82, 2.24) is 14.9 Å². The number of H-pyrrole nitrogens is 2. The van der Waals surface area contributed by atoms with E-state index >= 15 is 0 Å². The van der Waals surface area contributed by atoms with Crippen LogP contribution in [-0.4, -0.2) is 59.2 Å². The fourth-order valence-corrected chi connectivity index (χ4v) is 3.86. The third-order valence-electron chi connectivity index (χ3n) is 5.14. The highest BCUT2D eigenvalue weighted by molar-refractivity contribution is 5.91. The summed E-state index contributed by atoms with van der Waals surface area (Å²) in [7, 11) is 0. The smallest absolute Gasteiger partial charge is 0.265 e. The summed E-state index contributed by atoms with van der Waals surface area (Å²) in [6.45, 7) is 7.43. The first kappa shape index (κ1) is 20.2. The first-order chi connectivity index (χ1) is 14.4. The predicted octanol–water partition coefficient (Wildman–Crippen LogP) is 1.91. The van der Waals surface area contributed by atoms with Gasteiger partial charge in [-0.2, -0.15) is 0 Å². The summed E-state index contributed by atoms with van der Waals surface area (Å²) in [4.78, 5) is 31.5. The lowest BCUT2D eigenvalue weighted by Gasteiger charge is -2.35. The molecule has 1 aromatic carbocycles. The van der Waals surface area contributed by atoms with E-state index in [0.717, 1.165) is 36.3 Å². The maximum Gasteiger partial charge on any atom is 0.265 e. The van der Waals surface area contributed by atoms with Crippen molar-refractivity contribution in [3.63, 3.8) is 0 Å². The summed E-state index contributed by atoms with van der Waals surface area (Å²) in [5.74, 6) is 0.0463. The molecule has 3 aromatic rings. The molecule has 8 nitrogen and oxygen atoms in total. The molecule has 4 N–H and O–H groups in total. The van der Waals surface area contributed by atoms with Crippen molar-refractivity contribution >= 4 is 16.8 Å². The van der Waals surface area contributed by atoms with Gasteiger partial charge in [-0.1, -0.05) is 0 Å². The number of amides is 1. The van der Waals surface area contributed by atoms with E-state index in [4.69, 9.17) is 15.2 Å². The number of nitrogens with two attached hydrogens (primary N) is 1. The predicted molar refractivity (Wildman–Crippen MR) is 114 cm³/mol. The van der Waals surface area contributed by atoms with Gasteiger partial charge >= 0.3 is 0 Å². The van der Waals surface area contributed by atoms with E-state index < -0.39 is 11.5 Å². The van der Waals surface area contributed by atoms with Gasteiger partial charge in [-0.15, -0.1) is 0 Å². The Hall–Kier alpha value is -3.10. The number of aromatic amines is 2. The molecule has 1 amide bonds. The van der Waals surface area contributed by atoms with Crippen molar-refractivity contribution in [2.45, 2.75) is 26.1 Å². The van der Waals surface area contributed by atoms with E-state index in [9.17, 15) is 9.59 Å². The van der Waals surface area contributed by atoms with Crippen LogP contribution in [0.4, 0.5) is 0 Å². The van der Waals surface area contributed by atoms with Crippen molar-refractivity contribution in [3.8, 4) is 17.0 Å². The van der Waals surface area contributed by atoms with E-state index in [1.165, 1.54) is 6.07 Å². The maximum atomic E-state index is 12.3. The Kier molecular flexibility index (Phi) is 5.61. The first-order valence-corrected chi connectivity index (χ1v) is 9.97. The van der Waals surface area contributed by atoms with E-state index in [1.807, 2.05) is 24.3 Å². The van der Waals surface area contributed by atoms with Crippen LogP contribution in [0.3, 0.4) is 0 Å². The minimum atomic E-state index is -0.724. The van der Waals surface area contributed by atoms with Crippen LogP contribution in [0.1, 0.15) is 24.3 Å². The number of aromatic nitrogens is 2. The number of nitrogens with one attached hydrogen (secondary N) is 2. The third kappa shape index (κ3) is 4.39. The Balaban J connectivity index is 1.45. The van der Waals surface area contributed by atoms with Gasteiger partial charge in [0, 0.05) is 36.6 Å². The second kappa shape index (κ2) is 8.33. The highest BCUT2D eigenvalue weighted by atomic mass is 16.5. The molecule has 1 radical (unpaired) electrons. The molecule has 30 heavy (non-hydrogen) atoms. The topological polar surface area (TPSA) is 113 Å². The van der Waals surface area contributed by atoms with Crippen LogP contribution in [0, 0.1) is 6.07 Å². The van der Waals surface area contributed by atoms with Gasteiger partial charge in [-0.05, 0) is 44.2 Å². The molecule has 2 atom stereocenters. The Morgan fingerprint density at radius 3 is 2.73 bits per heavy atom. The van der Waals surface area contributed by atoms with Crippen LogP contribution < -0.4 is 16.0 Å². The van der Waals surface area contributed by atoms with Gasteiger partial charge in [0.25, 0.3) is 11.5 Å². The Bertz CT molecular complexity index is 1110.